The monoisotopic (exact) mass is 704 g/mol. The Morgan fingerprint density at radius 2 is 1.68 bits per heavy atom. The van der Waals surface area contributed by atoms with Crippen LogP contribution in [0.5, 0.6) is 5.88 Å². The van der Waals surface area contributed by atoms with Crippen LogP contribution in [-0.2, 0) is 14.8 Å². The summed E-state index contributed by atoms with van der Waals surface area (Å²) >= 11 is 0. The van der Waals surface area contributed by atoms with Gasteiger partial charge in [0.05, 0.1) is 11.7 Å². The third-order valence-corrected chi connectivity index (χ3v) is 11.1. The van der Waals surface area contributed by atoms with Crippen molar-refractivity contribution >= 4 is 28.0 Å². The molecular weight excluding hydrogens is 657 g/mol. The number of ether oxygens (including phenoxy) is 2. The topological polar surface area (TPSA) is 144 Å². The van der Waals surface area contributed by atoms with Crippen LogP contribution in [0.4, 0.5) is 10.7 Å². The lowest BCUT2D eigenvalue weighted by Gasteiger charge is -2.56. The van der Waals surface area contributed by atoms with Gasteiger partial charge >= 0.3 is 6.09 Å². The Labute approximate surface area is 295 Å². The predicted molar refractivity (Wildman–Crippen MR) is 189 cm³/mol. The Balaban J connectivity index is 1.34. The third kappa shape index (κ3) is 7.57. The Kier molecular flexibility index (Phi) is 9.57. The van der Waals surface area contributed by atoms with Crippen LogP contribution in [0.1, 0.15) is 88.3 Å². The van der Waals surface area contributed by atoms with Crippen molar-refractivity contribution in [2.24, 2.45) is 11.3 Å². The maximum atomic E-state index is 14.5. The Hall–Kier alpha value is -4.26. The van der Waals surface area contributed by atoms with Gasteiger partial charge < -0.3 is 19.3 Å². The summed E-state index contributed by atoms with van der Waals surface area (Å²) in [6.45, 7) is 15.1. The highest BCUT2D eigenvalue weighted by atomic mass is 32.2. The molecule has 2 aliphatic heterocycles. The van der Waals surface area contributed by atoms with Gasteiger partial charge in [-0.3, -0.25) is 4.79 Å². The fraction of sp³-hybridized carbons (Fsp3) is 0.541. The van der Waals surface area contributed by atoms with E-state index in [1.54, 1.807) is 17.0 Å². The molecule has 4 bridgehead atoms. The third-order valence-electron chi connectivity index (χ3n) is 9.88. The first-order chi connectivity index (χ1) is 23.5. The van der Waals surface area contributed by atoms with E-state index in [1.165, 1.54) is 12.1 Å². The van der Waals surface area contributed by atoms with Gasteiger partial charge in [-0.05, 0) is 101 Å². The van der Waals surface area contributed by atoms with Crippen molar-refractivity contribution in [3.05, 3.63) is 59.3 Å². The highest BCUT2D eigenvalue weighted by Gasteiger charge is 2.51. The molecule has 12 nitrogen and oxygen atoms in total. The van der Waals surface area contributed by atoms with Crippen LogP contribution in [0.2, 0.25) is 0 Å². The molecular formula is C37H48N6O6S. The number of piperidine rings is 1. The number of rotatable bonds is 4. The zero-order valence-electron chi connectivity index (χ0n) is 30.0. The quantitative estimate of drug-likeness (QED) is 0.327. The average molecular weight is 705 g/mol. The number of aryl methyl sites for hydroxylation is 2. The van der Waals surface area contributed by atoms with Crippen molar-refractivity contribution in [2.45, 2.75) is 103 Å². The van der Waals surface area contributed by atoms with E-state index in [0.717, 1.165) is 42.4 Å². The molecule has 1 unspecified atom stereocenters. The minimum Gasteiger partial charge on any atom is -0.475 e. The molecule has 1 aliphatic carbocycles. The molecule has 4 heterocycles. The summed E-state index contributed by atoms with van der Waals surface area (Å²) < 4.78 is 41.8. The molecule has 2 fully saturated rings. The minimum atomic E-state index is -4.26. The standard InChI is InChI=1S/C37H48N6O6S/c1-23(2)18-26-22-48-30-19-29(32-24(3)10-8-11-25(32)4)39-34(40-30)41-50(46,47)31-13-9-12-28(38-31)33(44)43(26)27-20-37(21-27)14-16-42(17-15-37)35(45)49-36(5,6)7/h8-13,19,23,26-27H,14-18,20-22H2,1-7H3,(H,39,40,41). The van der Waals surface area contributed by atoms with E-state index in [4.69, 9.17) is 9.47 Å². The van der Waals surface area contributed by atoms with Crippen molar-refractivity contribution in [3.8, 4) is 17.1 Å². The van der Waals surface area contributed by atoms with Gasteiger partial charge in [-0.1, -0.05) is 38.1 Å². The number of hydrogen-bond donors (Lipinski definition) is 1. The number of sulfonamides is 1. The number of pyridine rings is 1. The lowest BCUT2D eigenvalue weighted by molar-refractivity contribution is -0.0556. The lowest BCUT2D eigenvalue weighted by atomic mass is 9.59. The van der Waals surface area contributed by atoms with E-state index in [9.17, 15) is 18.0 Å². The second kappa shape index (κ2) is 13.5. The van der Waals surface area contributed by atoms with Crippen molar-refractivity contribution in [1.29, 1.82) is 0 Å². The lowest BCUT2D eigenvalue weighted by Crippen LogP contribution is -2.60. The maximum absolute atomic E-state index is 14.5. The van der Waals surface area contributed by atoms with Crippen LogP contribution >= 0.6 is 0 Å². The molecule has 1 saturated heterocycles. The van der Waals surface area contributed by atoms with Crippen molar-refractivity contribution in [1.82, 2.24) is 24.8 Å². The Morgan fingerprint density at radius 1 is 1.02 bits per heavy atom. The first-order valence-corrected chi connectivity index (χ1v) is 18.9. The fourth-order valence-electron chi connectivity index (χ4n) is 7.53. The van der Waals surface area contributed by atoms with Crippen molar-refractivity contribution in [2.75, 3.05) is 24.4 Å². The van der Waals surface area contributed by atoms with Gasteiger partial charge in [0, 0.05) is 30.8 Å². The average Bonchev–Trinajstić information content (AvgIpc) is 3.01. The SMILES string of the molecule is Cc1cccc(C)c1-c1cc2nc(n1)NS(=O)(=O)c1cccc(n1)C(=O)N(C1CC3(CCN(C(=O)OC(C)(C)C)CC3)C1)C(CC(C)C)CO2. The number of anilines is 1. The highest BCUT2D eigenvalue weighted by molar-refractivity contribution is 7.92. The summed E-state index contributed by atoms with van der Waals surface area (Å²) in [6, 6.07) is 11.6. The van der Waals surface area contributed by atoms with E-state index in [0.29, 0.717) is 25.2 Å². The zero-order valence-corrected chi connectivity index (χ0v) is 30.8. The molecule has 2 aromatic heterocycles. The second-order valence-corrected chi connectivity index (χ2v) is 17.1. The molecule has 50 heavy (non-hydrogen) atoms. The molecule has 1 aromatic carbocycles. The summed E-state index contributed by atoms with van der Waals surface area (Å²) in [7, 11) is -4.26. The number of amides is 2. The van der Waals surface area contributed by atoms with E-state index in [2.05, 4.69) is 33.5 Å². The largest absolute Gasteiger partial charge is 0.475 e. The van der Waals surface area contributed by atoms with E-state index in [1.807, 2.05) is 57.7 Å². The fourth-order valence-corrected chi connectivity index (χ4v) is 8.44. The number of fused-ring (bicyclic) bond motifs is 4. The highest BCUT2D eigenvalue weighted by Crippen LogP contribution is 2.52. The van der Waals surface area contributed by atoms with Crippen LogP contribution in [0, 0.1) is 25.2 Å². The summed E-state index contributed by atoms with van der Waals surface area (Å²) in [5, 5.41) is -0.300. The van der Waals surface area contributed by atoms with Crippen LogP contribution in [0.3, 0.4) is 0 Å². The smallest absolute Gasteiger partial charge is 0.410 e. The number of aromatic nitrogens is 3. The first-order valence-electron chi connectivity index (χ1n) is 17.4. The van der Waals surface area contributed by atoms with Gasteiger partial charge in [0.25, 0.3) is 15.9 Å². The van der Waals surface area contributed by atoms with Gasteiger partial charge in [-0.2, -0.15) is 13.4 Å². The summed E-state index contributed by atoms with van der Waals surface area (Å²) in [5.74, 6) is -0.0485. The molecule has 3 aliphatic rings. The Bertz CT molecular complexity index is 1850. The molecule has 268 valence electrons. The van der Waals surface area contributed by atoms with Crippen LogP contribution in [0.15, 0.2) is 47.5 Å². The maximum Gasteiger partial charge on any atom is 0.410 e. The molecule has 0 radical (unpaired) electrons. The number of hydrogen-bond acceptors (Lipinski definition) is 9. The van der Waals surface area contributed by atoms with Gasteiger partial charge in [-0.25, -0.2) is 19.5 Å². The number of nitrogens with zero attached hydrogens (tertiary/aromatic N) is 5. The molecule has 13 heteroatoms. The van der Waals surface area contributed by atoms with Crippen molar-refractivity contribution < 1.29 is 27.5 Å². The minimum absolute atomic E-state index is 0.00172. The molecule has 6 rings (SSSR count). The summed E-state index contributed by atoms with van der Waals surface area (Å²) in [6.07, 6.45) is 3.53. The predicted octanol–water partition coefficient (Wildman–Crippen LogP) is 6.39. The number of carbonyl (C=O) groups excluding carboxylic acids is 2. The molecule has 2 amide bonds. The zero-order chi connectivity index (χ0) is 36.0. The summed E-state index contributed by atoms with van der Waals surface area (Å²) in [4.78, 5) is 44.3. The number of carbonyl (C=O) groups is 2. The van der Waals surface area contributed by atoms with E-state index >= 15 is 0 Å². The van der Waals surface area contributed by atoms with Gasteiger partial charge in [0.1, 0.15) is 17.9 Å². The molecule has 1 spiro atoms. The summed E-state index contributed by atoms with van der Waals surface area (Å²) in [5.41, 5.74) is 2.81. The number of likely N-dealkylation sites (tertiary alicyclic amines) is 1. The number of benzene rings is 1. The molecule has 1 atom stereocenters. The number of nitrogens with one attached hydrogen (secondary N) is 1. The van der Waals surface area contributed by atoms with Crippen molar-refractivity contribution in [3.63, 3.8) is 0 Å². The first kappa shape index (κ1) is 35.6. The van der Waals surface area contributed by atoms with Crippen LogP contribution < -0.4 is 9.46 Å². The van der Waals surface area contributed by atoms with Gasteiger partial charge in [-0.15, -0.1) is 0 Å². The molecule has 3 aromatic rings. The normalized spacial score (nSPS) is 20.6. The van der Waals surface area contributed by atoms with E-state index in [-0.39, 0.29) is 64.6 Å². The molecule has 1 saturated carbocycles. The Morgan fingerprint density at radius 3 is 2.32 bits per heavy atom. The van der Waals surface area contributed by atoms with E-state index < -0.39 is 15.6 Å². The van der Waals surface area contributed by atoms with Crippen LogP contribution in [-0.4, -0.2) is 82.6 Å². The van der Waals surface area contributed by atoms with Gasteiger partial charge in [0.2, 0.25) is 11.8 Å². The molecule has 1 N–H and O–H groups in total. The van der Waals surface area contributed by atoms with Gasteiger partial charge in [0.15, 0.2) is 5.03 Å². The van der Waals surface area contributed by atoms with Crippen LogP contribution in [0.25, 0.3) is 11.3 Å². The second-order valence-electron chi connectivity index (χ2n) is 15.5.